The third-order valence-corrected chi connectivity index (χ3v) is 11.1. The first-order valence-corrected chi connectivity index (χ1v) is 18.6. The maximum atomic E-state index is 11.7. The molecule has 3 saturated heterocycles. The Morgan fingerprint density at radius 1 is 0.792 bits per heavy atom. The molecule has 5 rings (SSSR count). The van der Waals surface area contributed by atoms with E-state index in [1.807, 2.05) is 0 Å². The zero-order valence-electron chi connectivity index (χ0n) is 29.9. The molecule has 20 heteroatoms. The van der Waals surface area contributed by atoms with Crippen molar-refractivity contribution in [3.8, 4) is 0 Å². The summed E-state index contributed by atoms with van der Waals surface area (Å²) in [5.41, 5.74) is 24.0. The summed E-state index contributed by atoms with van der Waals surface area (Å²) in [6.45, 7) is 0.722. The van der Waals surface area contributed by atoms with Crippen LogP contribution in [-0.2, 0) is 28.4 Å². The Morgan fingerprint density at radius 3 is 2.11 bits per heavy atom. The minimum atomic E-state index is -1.60. The Morgan fingerprint density at radius 2 is 1.45 bits per heavy atom. The summed E-state index contributed by atoms with van der Waals surface area (Å²) in [6, 6.07) is -2.76. The molecule has 1 saturated carbocycles. The topological polar surface area (TPSA) is 345 Å². The Hall–Kier alpha value is -1.06. The van der Waals surface area contributed by atoms with Crippen LogP contribution >= 0.6 is 0 Å². The van der Waals surface area contributed by atoms with Crippen molar-refractivity contribution in [3.63, 3.8) is 0 Å². The molecule has 308 valence electrons. The first-order chi connectivity index (χ1) is 25.3. The number of nitrogens with one attached hydrogen (secondary N) is 2. The number of nitrogens with two attached hydrogens (primary N) is 4. The van der Waals surface area contributed by atoms with Gasteiger partial charge in [0.05, 0.1) is 36.5 Å². The van der Waals surface area contributed by atoms with Gasteiger partial charge in [-0.05, 0) is 44.7 Å². The van der Waals surface area contributed by atoms with Crippen molar-refractivity contribution in [2.45, 2.75) is 129 Å². The smallest absolute Gasteiger partial charge is 0.187 e. The second kappa shape index (κ2) is 19.4. The fourth-order valence-electron chi connectivity index (χ4n) is 7.81. The summed E-state index contributed by atoms with van der Waals surface area (Å²) in [4.78, 5) is 0. The number of rotatable bonds is 16. The Kier molecular flexibility index (Phi) is 15.8. The van der Waals surface area contributed by atoms with Crippen LogP contribution in [0.15, 0.2) is 12.2 Å². The quantitative estimate of drug-likeness (QED) is 0.0649. The molecule has 0 aromatic heterocycles. The largest absolute Gasteiger partial charge is 0.396 e. The van der Waals surface area contributed by atoms with E-state index < -0.39 is 122 Å². The third kappa shape index (κ3) is 10.3. The third-order valence-electron chi connectivity index (χ3n) is 11.1. The van der Waals surface area contributed by atoms with Crippen molar-refractivity contribution >= 4 is 0 Å². The van der Waals surface area contributed by atoms with Crippen molar-refractivity contribution in [1.82, 2.24) is 10.6 Å². The molecule has 4 heterocycles. The fourth-order valence-corrected chi connectivity index (χ4v) is 7.81. The van der Waals surface area contributed by atoms with Crippen LogP contribution in [0, 0.1) is 11.8 Å². The molecule has 0 aromatic rings. The number of aliphatic hydroxyl groups is 8. The van der Waals surface area contributed by atoms with E-state index in [9.17, 15) is 40.9 Å². The monoisotopic (exact) mass is 766 g/mol. The first-order valence-electron chi connectivity index (χ1n) is 18.6. The molecule has 53 heavy (non-hydrogen) atoms. The zero-order chi connectivity index (χ0) is 38.4. The van der Waals surface area contributed by atoms with Crippen LogP contribution in [0.5, 0.6) is 0 Å². The van der Waals surface area contributed by atoms with Gasteiger partial charge in [0.2, 0.25) is 0 Å². The zero-order valence-corrected chi connectivity index (χ0v) is 29.9. The molecule has 18 N–H and O–H groups in total. The normalized spacial score (nSPS) is 44.8. The highest BCUT2D eigenvalue weighted by Crippen LogP contribution is 2.37. The minimum absolute atomic E-state index is 0.165. The van der Waals surface area contributed by atoms with E-state index in [0.717, 1.165) is 13.1 Å². The van der Waals surface area contributed by atoms with E-state index in [-0.39, 0.29) is 32.6 Å². The van der Waals surface area contributed by atoms with Crippen LogP contribution in [0.2, 0.25) is 0 Å². The highest BCUT2D eigenvalue weighted by molar-refractivity contribution is 5.05. The van der Waals surface area contributed by atoms with Crippen LogP contribution in [0.4, 0.5) is 0 Å². The lowest BCUT2D eigenvalue weighted by atomic mass is 9.75. The lowest BCUT2D eigenvalue weighted by Gasteiger charge is -2.46. The SMILES string of the molecule is NC[C@@H]1O[C@H](O[C@H]2[C@@H](O)[C@H](O[C@@H]3[C@@H](O)[C@H](CC(CO)CO)C[C@H](N)[C@H]3O[C@H]3O[C@H](CNCC4(O)CCNCC4)C=C[C@H]3N)O[C@@H]2CO)[C@H](N)[C@@H](O)[C@@H]1O. The predicted molar refractivity (Wildman–Crippen MR) is 184 cm³/mol. The van der Waals surface area contributed by atoms with Gasteiger partial charge in [-0.15, -0.1) is 0 Å². The van der Waals surface area contributed by atoms with Crippen molar-refractivity contribution < 1.29 is 69.3 Å². The molecule has 0 aromatic carbocycles. The maximum absolute atomic E-state index is 11.7. The number of piperidine rings is 1. The maximum Gasteiger partial charge on any atom is 0.187 e. The van der Waals surface area contributed by atoms with Gasteiger partial charge in [-0.3, -0.25) is 0 Å². The van der Waals surface area contributed by atoms with Gasteiger partial charge in [-0.2, -0.15) is 0 Å². The van der Waals surface area contributed by atoms with Crippen molar-refractivity contribution in [2.75, 3.05) is 52.5 Å². The van der Waals surface area contributed by atoms with E-state index in [2.05, 4.69) is 10.6 Å². The number of ether oxygens (including phenoxy) is 6. The van der Waals surface area contributed by atoms with Gasteiger partial charge in [0.25, 0.3) is 0 Å². The molecule has 20 nitrogen and oxygen atoms in total. The standard InChI is InChI=1S/C33H62N6O14/c34-9-20-24(44)25(45)22(37)31(49-20)52-28-21(13-42)50-32(26(28)46)53-29-23(43)16(7-15(11-40)12-41)8-19(36)27(29)51-30-18(35)2-1-17(48-30)10-39-14-33(47)3-5-38-6-4-33/h1-2,15-32,38-47H,3-14,34-37H2/t16-,17+,18-,19+,20+,21-,22-,23+,24-,25-,26-,27-,28-,29-,30-,31-,32+/m1/s1. The van der Waals surface area contributed by atoms with E-state index >= 15 is 0 Å². The molecule has 0 amide bonds. The van der Waals surface area contributed by atoms with Gasteiger partial charge in [0.15, 0.2) is 18.9 Å². The van der Waals surface area contributed by atoms with E-state index in [1.54, 1.807) is 12.2 Å². The molecule has 0 bridgehead atoms. The van der Waals surface area contributed by atoms with Crippen LogP contribution in [-0.4, -0.2) is 197 Å². The first kappa shape index (κ1) is 43.1. The number of aliphatic hydroxyl groups excluding tert-OH is 7. The van der Waals surface area contributed by atoms with E-state index in [0.29, 0.717) is 25.9 Å². The molecule has 5 aliphatic rings. The van der Waals surface area contributed by atoms with Crippen molar-refractivity contribution in [2.24, 2.45) is 34.8 Å². The van der Waals surface area contributed by atoms with Crippen LogP contribution in [0.1, 0.15) is 25.7 Å². The van der Waals surface area contributed by atoms with E-state index in [1.165, 1.54) is 0 Å². The molecule has 0 unspecified atom stereocenters. The van der Waals surface area contributed by atoms with Crippen molar-refractivity contribution in [1.29, 1.82) is 0 Å². The predicted octanol–water partition coefficient (Wildman–Crippen LogP) is -7.04. The fraction of sp³-hybridized carbons (Fsp3) is 0.939. The second-order valence-electron chi connectivity index (χ2n) is 15.1. The molecule has 0 radical (unpaired) electrons. The lowest BCUT2D eigenvalue weighted by molar-refractivity contribution is -0.286. The van der Waals surface area contributed by atoms with Gasteiger partial charge >= 0.3 is 0 Å². The van der Waals surface area contributed by atoms with Gasteiger partial charge < -0.3 is 103 Å². The number of hydrogen-bond acceptors (Lipinski definition) is 20. The number of hydrogen-bond donors (Lipinski definition) is 14. The summed E-state index contributed by atoms with van der Waals surface area (Å²) < 4.78 is 36.3. The highest BCUT2D eigenvalue weighted by Gasteiger charge is 2.54. The van der Waals surface area contributed by atoms with Crippen molar-refractivity contribution in [3.05, 3.63) is 12.2 Å². The summed E-state index contributed by atoms with van der Waals surface area (Å²) in [5, 5.41) is 91.0. The lowest BCUT2D eigenvalue weighted by Crippen LogP contribution is -2.64. The average molecular weight is 767 g/mol. The molecule has 1 aliphatic carbocycles. The van der Waals surface area contributed by atoms with Gasteiger partial charge in [-0.25, -0.2) is 0 Å². The van der Waals surface area contributed by atoms with Crippen LogP contribution in [0.3, 0.4) is 0 Å². The van der Waals surface area contributed by atoms with Gasteiger partial charge in [0, 0.05) is 44.8 Å². The summed E-state index contributed by atoms with van der Waals surface area (Å²) in [7, 11) is 0. The Balaban J connectivity index is 1.29. The molecule has 4 aliphatic heterocycles. The minimum Gasteiger partial charge on any atom is -0.396 e. The Labute approximate surface area is 308 Å². The molecular formula is C33H62N6O14. The average Bonchev–Trinajstić information content (AvgIpc) is 3.44. The summed E-state index contributed by atoms with van der Waals surface area (Å²) in [6.07, 6.45) is -10.8. The molecule has 4 fully saturated rings. The second-order valence-corrected chi connectivity index (χ2v) is 15.1. The summed E-state index contributed by atoms with van der Waals surface area (Å²) in [5.74, 6) is -1.13. The van der Waals surface area contributed by atoms with Crippen LogP contribution < -0.4 is 33.6 Å². The molecule has 0 spiro atoms. The molecular weight excluding hydrogens is 704 g/mol. The highest BCUT2D eigenvalue weighted by atomic mass is 16.8. The van der Waals surface area contributed by atoms with Crippen LogP contribution in [0.25, 0.3) is 0 Å². The molecule has 17 atom stereocenters. The van der Waals surface area contributed by atoms with Gasteiger partial charge in [0.1, 0.15) is 48.8 Å². The van der Waals surface area contributed by atoms with E-state index in [4.69, 9.17) is 51.4 Å². The summed E-state index contributed by atoms with van der Waals surface area (Å²) >= 11 is 0. The van der Waals surface area contributed by atoms with Gasteiger partial charge in [-0.1, -0.05) is 12.2 Å². The Bertz CT molecular complexity index is 1140.